The number of amides is 1. The molecule has 1 aromatic heterocycles. The summed E-state index contributed by atoms with van der Waals surface area (Å²) in [4.78, 5) is 13.5. The van der Waals surface area contributed by atoms with Crippen LogP contribution in [0.25, 0.3) is 15.0 Å². The summed E-state index contributed by atoms with van der Waals surface area (Å²) in [5.74, 6) is 0.868. The number of allylic oxidation sites excluding steroid dienone is 2. The Bertz CT molecular complexity index is 974. The van der Waals surface area contributed by atoms with Gasteiger partial charge in [-0.3, -0.25) is 0 Å². The van der Waals surface area contributed by atoms with Gasteiger partial charge in [-0.15, -0.1) is 0 Å². The van der Waals surface area contributed by atoms with Crippen molar-refractivity contribution < 1.29 is 14.1 Å². The average Bonchev–Trinajstić information content (AvgIpc) is 2.97. The number of aryl methyl sites for hydroxylation is 1. The number of hydrogen-bond donors (Lipinski definition) is 0. The number of carbonyl (C=O) groups is 1. The Morgan fingerprint density at radius 1 is 1.15 bits per heavy atom. The molecule has 0 bridgehead atoms. The van der Waals surface area contributed by atoms with Crippen LogP contribution < -0.4 is 14.2 Å². The van der Waals surface area contributed by atoms with Crippen LogP contribution in [-0.4, -0.2) is 33.4 Å². The monoisotopic (exact) mass is 463 g/mol. The number of para-hydroxylation sites is 1. The van der Waals surface area contributed by atoms with Gasteiger partial charge >= 0.3 is 163 Å². The molecule has 0 fully saturated rings. The molecule has 0 unspecified atom stereocenters. The molecule has 0 aliphatic carbocycles. The Morgan fingerprint density at radius 3 is 2.62 bits per heavy atom. The number of ether oxygens (including phenoxy) is 1. The van der Waals surface area contributed by atoms with Crippen LogP contribution in [0.2, 0.25) is 0 Å². The van der Waals surface area contributed by atoms with Crippen molar-refractivity contribution in [2.45, 2.75) is 6.92 Å². The first kappa shape index (κ1) is 18.4. The molecular weight excluding hydrogens is 440 g/mol. The zero-order valence-corrected chi connectivity index (χ0v) is 17.4. The number of carbonyl (C=O) groups excluding carboxylic acids is 1. The van der Waals surface area contributed by atoms with Crippen LogP contribution in [0, 0.1) is 0 Å². The fraction of sp³-hybridized carbons (Fsp3) is 0.143. The zero-order valence-electron chi connectivity index (χ0n) is 15.0. The second kappa shape index (κ2) is 8.35. The van der Waals surface area contributed by atoms with Gasteiger partial charge in [0.05, 0.1) is 0 Å². The first-order chi connectivity index (χ1) is 12.6. The normalized spacial score (nSPS) is 11.5. The van der Waals surface area contributed by atoms with Crippen LogP contribution >= 0.6 is 0 Å². The molecule has 3 rings (SSSR count). The summed E-state index contributed by atoms with van der Waals surface area (Å²) in [5.41, 5.74) is 2.09. The van der Waals surface area contributed by atoms with Gasteiger partial charge in [-0.25, -0.2) is 0 Å². The van der Waals surface area contributed by atoms with E-state index in [4.69, 9.17) is 4.74 Å². The van der Waals surface area contributed by atoms with E-state index in [9.17, 15) is 4.79 Å². The van der Waals surface area contributed by atoms with E-state index in [1.165, 1.54) is 12.6 Å². The number of nitrogens with zero attached hydrogens (tertiary/aromatic N) is 2. The topological polar surface area (TPSA) is 33.4 Å². The molecule has 0 atom stereocenters. The number of aromatic nitrogens is 1. The summed E-state index contributed by atoms with van der Waals surface area (Å²) in [5, 5.41) is 0. The molecule has 132 valence electrons. The van der Waals surface area contributed by atoms with Crippen LogP contribution in [0.15, 0.2) is 66.9 Å². The second-order valence-corrected chi connectivity index (χ2v) is 8.79. The Morgan fingerprint density at radius 2 is 1.92 bits per heavy atom. The van der Waals surface area contributed by atoms with Crippen molar-refractivity contribution in [3.05, 3.63) is 70.6 Å². The van der Waals surface area contributed by atoms with E-state index in [0.717, 1.165) is 11.4 Å². The molecule has 0 spiro atoms. The molecule has 0 aliphatic heterocycles. The minimum atomic E-state index is -0.405. The van der Waals surface area contributed by atoms with Crippen molar-refractivity contribution in [2.75, 3.05) is 12.0 Å². The molecule has 0 saturated heterocycles. The summed E-state index contributed by atoms with van der Waals surface area (Å²) < 4.78 is 10.3. The molecule has 3 aromatic rings. The van der Waals surface area contributed by atoms with Gasteiger partial charge in [-0.05, 0) is 0 Å². The molecule has 4 nitrogen and oxygen atoms in total. The summed E-state index contributed by atoms with van der Waals surface area (Å²) in [6.07, 6.45) is 7.85. The Hall–Kier alpha value is -2.35. The van der Waals surface area contributed by atoms with Gasteiger partial charge in [-0.2, -0.15) is 0 Å². The van der Waals surface area contributed by atoms with Crippen molar-refractivity contribution in [3.63, 3.8) is 0 Å². The third-order valence-electron chi connectivity index (χ3n) is 4.03. The molecule has 0 radical (unpaired) electrons. The standard InChI is InChI=1S/C21H21N2O2Te/c1-16(24)23(17-9-5-4-6-10-17)14-8-7-11-21-22(2)19-15-18(25-3)12-13-20(19)26-21/h4-15H,1-3H3/q+1. The van der Waals surface area contributed by atoms with Gasteiger partial charge in [0.15, 0.2) is 0 Å². The van der Waals surface area contributed by atoms with Crippen LogP contribution in [0.5, 0.6) is 5.75 Å². The maximum absolute atomic E-state index is 11.9. The van der Waals surface area contributed by atoms with Crippen LogP contribution in [-0.2, 0) is 11.8 Å². The van der Waals surface area contributed by atoms with Crippen molar-refractivity contribution >= 4 is 47.0 Å². The maximum atomic E-state index is 11.9. The molecule has 2 aromatic carbocycles. The van der Waals surface area contributed by atoms with Gasteiger partial charge in [0.25, 0.3) is 0 Å². The van der Waals surface area contributed by atoms with Crippen LogP contribution in [0.3, 0.4) is 0 Å². The number of hydrogen-bond acceptors (Lipinski definition) is 2. The molecule has 5 heteroatoms. The van der Waals surface area contributed by atoms with E-state index in [2.05, 4.69) is 29.8 Å². The number of anilines is 1. The molecule has 1 amide bonds. The molecule has 0 N–H and O–H groups in total. The molecule has 1 heterocycles. The Kier molecular flexibility index (Phi) is 5.92. The van der Waals surface area contributed by atoms with Crippen LogP contribution in [0.4, 0.5) is 5.69 Å². The number of fused-ring (bicyclic) bond motifs is 1. The van der Waals surface area contributed by atoms with Crippen molar-refractivity contribution in [1.82, 2.24) is 0 Å². The predicted octanol–water partition coefficient (Wildman–Crippen LogP) is 3.31. The van der Waals surface area contributed by atoms with E-state index < -0.39 is 20.4 Å². The Balaban J connectivity index is 1.81. The third-order valence-corrected chi connectivity index (χ3v) is 7.41. The van der Waals surface area contributed by atoms with Crippen LogP contribution in [0.1, 0.15) is 10.6 Å². The predicted molar refractivity (Wildman–Crippen MR) is 106 cm³/mol. The van der Waals surface area contributed by atoms with Gasteiger partial charge in [0, 0.05) is 0 Å². The van der Waals surface area contributed by atoms with Gasteiger partial charge in [0.1, 0.15) is 0 Å². The van der Waals surface area contributed by atoms with Gasteiger partial charge < -0.3 is 0 Å². The van der Waals surface area contributed by atoms with E-state index in [0.29, 0.717) is 0 Å². The molecular formula is C21H21N2O2Te+. The zero-order chi connectivity index (χ0) is 18.5. The minimum absolute atomic E-state index is 0.0141. The van der Waals surface area contributed by atoms with Gasteiger partial charge in [0.2, 0.25) is 0 Å². The van der Waals surface area contributed by atoms with Crippen molar-refractivity contribution in [3.8, 4) is 5.75 Å². The molecule has 0 saturated carbocycles. The SMILES string of the molecule is COc1ccc2[te]c(C=CC=CN(C(C)=O)c3ccccc3)[n+](C)c2c1. The summed E-state index contributed by atoms with van der Waals surface area (Å²) in [6.45, 7) is 1.57. The first-order valence-corrected chi connectivity index (χ1v) is 10.6. The number of benzene rings is 2. The summed E-state index contributed by atoms with van der Waals surface area (Å²) in [7, 11) is 3.78. The second-order valence-electron chi connectivity index (χ2n) is 5.76. The Labute approximate surface area is 163 Å². The van der Waals surface area contributed by atoms with E-state index in [1.807, 2.05) is 48.6 Å². The first-order valence-electron chi connectivity index (χ1n) is 8.26. The number of methoxy groups -OCH3 is 1. The van der Waals surface area contributed by atoms with E-state index in [-0.39, 0.29) is 5.91 Å². The van der Waals surface area contributed by atoms with E-state index in [1.54, 1.807) is 25.1 Å². The van der Waals surface area contributed by atoms with Crippen molar-refractivity contribution in [1.29, 1.82) is 0 Å². The average molecular weight is 461 g/mol. The fourth-order valence-corrected chi connectivity index (χ4v) is 5.63. The molecule has 0 aliphatic rings. The van der Waals surface area contributed by atoms with Crippen molar-refractivity contribution in [2.24, 2.45) is 7.05 Å². The molecule has 26 heavy (non-hydrogen) atoms. The number of rotatable bonds is 5. The van der Waals surface area contributed by atoms with E-state index >= 15 is 0 Å². The summed E-state index contributed by atoms with van der Waals surface area (Å²) in [6, 6.07) is 15.9. The fourth-order valence-electron chi connectivity index (χ4n) is 2.65. The summed E-state index contributed by atoms with van der Waals surface area (Å²) >= 11 is -0.405. The third kappa shape index (κ3) is 4.07. The van der Waals surface area contributed by atoms with Gasteiger partial charge in [-0.1, -0.05) is 0 Å². The quantitative estimate of drug-likeness (QED) is 0.332.